The van der Waals surface area contributed by atoms with E-state index in [4.69, 9.17) is 28.4 Å². The average molecular weight is 574 g/mol. The summed E-state index contributed by atoms with van der Waals surface area (Å²) in [6.07, 6.45) is -5.71. The van der Waals surface area contributed by atoms with E-state index in [0.29, 0.717) is 5.56 Å². The summed E-state index contributed by atoms with van der Waals surface area (Å²) < 4.78 is 35.9. The normalized spacial score (nSPS) is 25.5. The monoisotopic (exact) mass is 573 g/mol. The summed E-state index contributed by atoms with van der Waals surface area (Å²) in [4.78, 5) is 28.6. The summed E-state index contributed by atoms with van der Waals surface area (Å²) in [6, 6.07) is 26.6. The minimum Gasteiger partial charge on any atom is -0.454 e. The van der Waals surface area contributed by atoms with E-state index in [1.54, 1.807) is 30.3 Å². The molecular weight excluding hydrogens is 542 g/mol. The third-order valence-electron chi connectivity index (χ3n) is 7.10. The van der Waals surface area contributed by atoms with E-state index in [1.165, 1.54) is 6.92 Å². The number of hydrogen-bond acceptors (Lipinski definition) is 9. The second kappa shape index (κ2) is 14.1. The smallest absolute Gasteiger partial charge is 0.352 e. The van der Waals surface area contributed by atoms with E-state index in [2.05, 4.69) is 10.0 Å². The summed E-state index contributed by atoms with van der Waals surface area (Å²) in [6.45, 7) is 1.47. The van der Waals surface area contributed by atoms with Crippen LogP contribution in [0, 0.1) is 0 Å². The quantitative estimate of drug-likeness (QED) is 0.138. The highest BCUT2D eigenvalue weighted by atomic mass is 16.7. The first-order valence-electron chi connectivity index (χ1n) is 13.6. The first-order chi connectivity index (χ1) is 20.5. The Labute approximate surface area is 242 Å². The Hall–Kier alpha value is -4.25. The van der Waals surface area contributed by atoms with Crippen molar-refractivity contribution < 1.29 is 38.0 Å². The predicted octanol–water partition coefficient (Wildman–Crippen LogP) is 4.81. The van der Waals surface area contributed by atoms with Gasteiger partial charge in [-0.3, -0.25) is 4.79 Å². The van der Waals surface area contributed by atoms with Crippen molar-refractivity contribution in [1.82, 2.24) is 0 Å². The van der Waals surface area contributed by atoms with Gasteiger partial charge in [-0.05, 0) is 16.7 Å². The molecule has 1 heterocycles. The van der Waals surface area contributed by atoms with E-state index in [9.17, 15) is 15.1 Å². The van der Waals surface area contributed by atoms with Gasteiger partial charge in [-0.1, -0.05) is 96.1 Å². The summed E-state index contributed by atoms with van der Waals surface area (Å²) in [5, 5.41) is 4.06. The zero-order valence-electron chi connectivity index (χ0n) is 22.9. The van der Waals surface area contributed by atoms with Crippen molar-refractivity contribution in [1.29, 1.82) is 0 Å². The van der Waals surface area contributed by atoms with Crippen LogP contribution < -0.4 is 0 Å². The fourth-order valence-electron chi connectivity index (χ4n) is 5.20. The molecule has 3 aromatic rings. The number of nitrogens with zero attached hydrogens (tertiary/aromatic N) is 3. The molecular formula is C31H31N3O8. The zero-order valence-corrected chi connectivity index (χ0v) is 22.9. The maximum atomic E-state index is 13.6. The maximum absolute atomic E-state index is 13.6. The van der Waals surface area contributed by atoms with E-state index in [1.807, 2.05) is 60.7 Å². The lowest BCUT2D eigenvalue weighted by Crippen LogP contribution is -2.64. The van der Waals surface area contributed by atoms with Crippen LogP contribution in [0.1, 0.15) is 29.7 Å². The van der Waals surface area contributed by atoms with E-state index >= 15 is 0 Å². The zero-order chi connectivity index (χ0) is 29.3. The van der Waals surface area contributed by atoms with Gasteiger partial charge in [-0.25, -0.2) is 4.79 Å². The van der Waals surface area contributed by atoms with Gasteiger partial charge in [0.15, 0.2) is 6.10 Å². The van der Waals surface area contributed by atoms with Crippen molar-refractivity contribution >= 4 is 11.9 Å². The number of azide groups is 1. The molecule has 1 saturated heterocycles. The van der Waals surface area contributed by atoms with Crippen LogP contribution in [0.25, 0.3) is 10.4 Å². The molecule has 7 atom stereocenters. The average Bonchev–Trinajstić information content (AvgIpc) is 3.50. The third-order valence-corrected chi connectivity index (χ3v) is 7.10. The van der Waals surface area contributed by atoms with Crippen molar-refractivity contribution in [2.24, 2.45) is 5.11 Å². The molecule has 0 radical (unpaired) electrons. The van der Waals surface area contributed by atoms with Gasteiger partial charge in [0.2, 0.25) is 6.10 Å². The fraction of sp³-hybridized carbons (Fsp3) is 0.355. The number of esters is 2. The van der Waals surface area contributed by atoms with E-state index < -0.39 is 54.6 Å². The summed E-state index contributed by atoms with van der Waals surface area (Å²) >= 11 is 0. The van der Waals surface area contributed by atoms with E-state index in [0.717, 1.165) is 11.1 Å². The topological polar surface area (TPSA) is 138 Å². The summed E-state index contributed by atoms with van der Waals surface area (Å²) in [5.74, 6) is -1.48. The Balaban J connectivity index is 1.46. The largest absolute Gasteiger partial charge is 0.454 e. The molecule has 1 saturated carbocycles. The minimum atomic E-state index is -1.33. The predicted molar refractivity (Wildman–Crippen MR) is 148 cm³/mol. The number of carbonyl (C=O) groups is 2. The molecule has 1 aliphatic heterocycles. The van der Waals surface area contributed by atoms with Gasteiger partial charge in [0.05, 0.1) is 25.4 Å². The Morgan fingerprint density at radius 2 is 1.36 bits per heavy atom. The molecule has 42 heavy (non-hydrogen) atoms. The molecule has 0 spiro atoms. The molecule has 1 aliphatic carbocycles. The molecule has 0 aromatic heterocycles. The Kier molecular flexibility index (Phi) is 9.81. The van der Waals surface area contributed by atoms with Gasteiger partial charge in [0.1, 0.15) is 25.1 Å². The minimum absolute atomic E-state index is 0.0883. The molecule has 0 N–H and O–H groups in total. The van der Waals surface area contributed by atoms with Crippen molar-refractivity contribution in [3.8, 4) is 0 Å². The number of carbonyl (C=O) groups excluding carboxylic acids is 2. The number of benzene rings is 3. The van der Waals surface area contributed by atoms with Crippen molar-refractivity contribution in [3.05, 3.63) is 118 Å². The van der Waals surface area contributed by atoms with Crippen LogP contribution in [0.5, 0.6) is 0 Å². The van der Waals surface area contributed by atoms with Gasteiger partial charge in [0.25, 0.3) is 0 Å². The lowest BCUT2D eigenvalue weighted by atomic mass is 9.83. The second-order valence-electron chi connectivity index (χ2n) is 9.90. The van der Waals surface area contributed by atoms with Crippen LogP contribution in [0.3, 0.4) is 0 Å². The highest BCUT2D eigenvalue weighted by Crippen LogP contribution is 2.38. The molecule has 0 amide bonds. The number of fused-ring (bicyclic) bond motifs is 1. The van der Waals surface area contributed by atoms with Crippen LogP contribution in [-0.4, -0.2) is 55.3 Å². The number of ether oxygens (including phenoxy) is 6. The Morgan fingerprint density at radius 1 is 0.833 bits per heavy atom. The Morgan fingerprint density at radius 3 is 1.90 bits per heavy atom. The van der Waals surface area contributed by atoms with Crippen LogP contribution in [-0.2, 0) is 51.2 Å². The van der Waals surface area contributed by atoms with Crippen LogP contribution >= 0.6 is 0 Å². The molecule has 2 fully saturated rings. The molecule has 0 bridgehead atoms. The lowest BCUT2D eigenvalue weighted by Gasteiger charge is -2.45. The van der Waals surface area contributed by atoms with Gasteiger partial charge in [-0.15, -0.1) is 0 Å². The highest BCUT2D eigenvalue weighted by Gasteiger charge is 2.57. The van der Waals surface area contributed by atoms with Crippen molar-refractivity contribution in [2.45, 2.75) is 62.8 Å². The van der Waals surface area contributed by atoms with Gasteiger partial charge in [0, 0.05) is 17.4 Å². The van der Waals surface area contributed by atoms with Crippen LogP contribution in [0.4, 0.5) is 0 Å². The van der Waals surface area contributed by atoms with Crippen molar-refractivity contribution in [3.63, 3.8) is 0 Å². The first-order valence-corrected chi connectivity index (χ1v) is 13.6. The summed E-state index contributed by atoms with van der Waals surface area (Å²) in [7, 11) is 0. The van der Waals surface area contributed by atoms with Crippen LogP contribution in [0.2, 0.25) is 0 Å². The molecule has 5 rings (SSSR count). The number of rotatable bonds is 11. The number of hydrogen-bond donors (Lipinski definition) is 0. The maximum Gasteiger partial charge on any atom is 0.352 e. The van der Waals surface area contributed by atoms with Crippen LogP contribution in [0.15, 0.2) is 96.1 Å². The van der Waals surface area contributed by atoms with Gasteiger partial charge >= 0.3 is 11.9 Å². The lowest BCUT2D eigenvalue weighted by molar-refractivity contribution is -0.209. The molecule has 218 valence electrons. The third kappa shape index (κ3) is 6.96. The second-order valence-corrected chi connectivity index (χ2v) is 9.90. The van der Waals surface area contributed by atoms with Gasteiger partial charge in [-0.2, -0.15) is 0 Å². The molecule has 2 aliphatic rings. The van der Waals surface area contributed by atoms with Gasteiger partial charge < -0.3 is 28.4 Å². The SMILES string of the molecule is CC(=O)O[C@@H](C(=O)O[C@@H]1[C@@H]2OCO[C@@H]2[C@@H](OCc2ccccc2)[C@@H](N=[N+]=[N-])[C@H]1OCc1ccccc1)c1ccccc1. The highest BCUT2D eigenvalue weighted by molar-refractivity contribution is 5.80. The molecule has 11 heteroatoms. The Bertz CT molecular complexity index is 1370. The fourth-order valence-corrected chi connectivity index (χ4v) is 5.20. The summed E-state index contributed by atoms with van der Waals surface area (Å²) in [5.41, 5.74) is 11.8. The first kappa shape index (κ1) is 29.2. The standard InChI is InChI=1S/C31H31N3O8/c1-20(35)41-25(23-15-9-4-10-16-23)31(36)42-30-27(38-18-22-13-7-3-8-14-22)24(33-34-32)26(28-29(30)40-19-39-28)37-17-21-11-5-2-6-12-21/h2-16,24-30H,17-19H2,1H3/t24-,25-,26+,27-,28-,29-,30+/m1/s1. The van der Waals surface area contributed by atoms with E-state index in [-0.39, 0.29) is 20.0 Å². The molecule has 0 unspecified atom stereocenters. The molecule has 3 aromatic carbocycles. The van der Waals surface area contributed by atoms with Crippen molar-refractivity contribution in [2.75, 3.05) is 6.79 Å². The molecule has 11 nitrogen and oxygen atoms in total.